The molecule has 0 radical (unpaired) electrons. The topological polar surface area (TPSA) is 84.7 Å². The van der Waals surface area contributed by atoms with Crippen LogP contribution in [0.1, 0.15) is 24.5 Å². The Hall–Kier alpha value is -3.15. The molecule has 3 rings (SSSR count). The van der Waals surface area contributed by atoms with Crippen molar-refractivity contribution in [1.82, 2.24) is 0 Å². The van der Waals surface area contributed by atoms with E-state index in [9.17, 15) is 9.18 Å². The second-order valence-corrected chi connectivity index (χ2v) is 5.88. The van der Waals surface area contributed by atoms with E-state index in [4.69, 9.17) is 11.5 Å². The minimum absolute atomic E-state index is 0.154. The van der Waals surface area contributed by atoms with E-state index < -0.39 is 5.91 Å². The van der Waals surface area contributed by atoms with E-state index >= 15 is 0 Å². The maximum Gasteiger partial charge on any atom is 0.264 e. The summed E-state index contributed by atoms with van der Waals surface area (Å²) >= 11 is 0. The van der Waals surface area contributed by atoms with Gasteiger partial charge in [-0.3, -0.25) is 4.79 Å². The molecule has 0 saturated heterocycles. The number of benzene rings is 2. The number of primary amides is 1. The maximum atomic E-state index is 13.3. The second-order valence-electron chi connectivity index (χ2n) is 5.88. The zero-order valence-corrected chi connectivity index (χ0v) is 13.9. The molecule has 0 aromatic heterocycles. The number of nitrogens with two attached hydrogens (primary N) is 2. The zero-order valence-electron chi connectivity index (χ0n) is 13.9. The Balaban J connectivity index is 2.14. The molecule has 25 heavy (non-hydrogen) atoms. The van der Waals surface area contributed by atoms with Gasteiger partial charge in [0.1, 0.15) is 11.5 Å². The number of hydrazone groups is 1. The van der Waals surface area contributed by atoms with Crippen molar-refractivity contribution >= 4 is 28.7 Å². The number of anilines is 2. The largest absolute Gasteiger partial charge is 0.399 e. The Bertz CT molecular complexity index is 871. The van der Waals surface area contributed by atoms with Crippen molar-refractivity contribution in [2.24, 2.45) is 10.8 Å². The normalized spacial score (nSPS) is 13.8. The van der Waals surface area contributed by atoms with Crippen molar-refractivity contribution in [2.75, 3.05) is 10.7 Å². The number of nitrogens with zero attached hydrogens (tertiary/aromatic N) is 2. The quantitative estimate of drug-likeness (QED) is 0.510. The predicted octanol–water partition coefficient (Wildman–Crippen LogP) is 3.06. The molecule has 0 unspecified atom stereocenters. The van der Waals surface area contributed by atoms with Crippen LogP contribution in [0.25, 0.3) is 5.70 Å². The van der Waals surface area contributed by atoms with Gasteiger partial charge in [0.2, 0.25) is 0 Å². The smallest absolute Gasteiger partial charge is 0.264 e. The van der Waals surface area contributed by atoms with Crippen LogP contribution in [0.15, 0.2) is 53.6 Å². The van der Waals surface area contributed by atoms with Crippen molar-refractivity contribution in [3.63, 3.8) is 0 Å². The highest BCUT2D eigenvalue weighted by molar-refractivity contribution is 6.37. The van der Waals surface area contributed by atoms with Crippen LogP contribution in [-0.4, -0.2) is 11.6 Å². The molecule has 2 aromatic rings. The number of hydrogen-bond acceptors (Lipinski definition) is 4. The van der Waals surface area contributed by atoms with Crippen LogP contribution in [0.4, 0.5) is 15.8 Å². The highest BCUT2D eigenvalue weighted by Gasteiger charge is 2.21. The van der Waals surface area contributed by atoms with Crippen LogP contribution < -0.4 is 16.5 Å². The van der Waals surface area contributed by atoms with Gasteiger partial charge in [-0.2, -0.15) is 5.10 Å². The van der Waals surface area contributed by atoms with Crippen LogP contribution in [0.2, 0.25) is 0 Å². The molecule has 0 aliphatic heterocycles. The lowest BCUT2D eigenvalue weighted by Gasteiger charge is -2.27. The molecule has 2 aromatic carbocycles. The number of hydrogen-bond donors (Lipinski definition) is 2. The molecule has 0 atom stereocenters. The molecule has 0 saturated carbocycles. The molecule has 4 N–H and O–H groups in total. The third-order valence-corrected chi connectivity index (χ3v) is 4.07. The zero-order chi connectivity index (χ0) is 18.0. The van der Waals surface area contributed by atoms with Gasteiger partial charge in [0.15, 0.2) is 0 Å². The highest BCUT2D eigenvalue weighted by Crippen LogP contribution is 2.34. The summed E-state index contributed by atoms with van der Waals surface area (Å²) in [4.78, 5) is 11.5. The average Bonchev–Trinajstić information content (AvgIpc) is 2.60. The number of fused-ring (bicyclic) bond motifs is 1. The number of nitrogen functional groups attached to an aromatic ring is 1. The Morgan fingerprint density at radius 2 is 1.92 bits per heavy atom. The van der Waals surface area contributed by atoms with Crippen LogP contribution in [0.5, 0.6) is 0 Å². The number of rotatable bonds is 4. The lowest BCUT2D eigenvalue weighted by atomic mass is 9.93. The first-order valence-electron chi connectivity index (χ1n) is 7.95. The van der Waals surface area contributed by atoms with E-state index in [2.05, 4.69) is 5.10 Å². The van der Waals surface area contributed by atoms with E-state index in [1.807, 2.05) is 24.3 Å². The minimum atomic E-state index is -0.615. The SMILES string of the molecule is C/C(=N\N(C1=CCCc2ccc(N)cc21)c1ccc(F)cc1)C(N)=O. The fourth-order valence-corrected chi connectivity index (χ4v) is 2.76. The van der Waals surface area contributed by atoms with Gasteiger partial charge in [-0.25, -0.2) is 9.40 Å². The minimum Gasteiger partial charge on any atom is -0.399 e. The van der Waals surface area contributed by atoms with E-state index in [1.165, 1.54) is 12.1 Å². The van der Waals surface area contributed by atoms with Crippen molar-refractivity contribution in [3.8, 4) is 0 Å². The number of halogens is 1. The first-order valence-corrected chi connectivity index (χ1v) is 7.95. The summed E-state index contributed by atoms with van der Waals surface area (Å²) in [5.41, 5.74) is 15.6. The molecule has 0 heterocycles. The number of carbonyl (C=O) groups is 1. The van der Waals surface area contributed by atoms with Crippen LogP contribution in [-0.2, 0) is 11.2 Å². The fourth-order valence-electron chi connectivity index (χ4n) is 2.76. The van der Waals surface area contributed by atoms with Crippen LogP contribution in [0, 0.1) is 5.82 Å². The number of allylic oxidation sites excluding steroid dienone is 1. The Morgan fingerprint density at radius 3 is 2.60 bits per heavy atom. The molecule has 0 spiro atoms. The molecule has 128 valence electrons. The van der Waals surface area contributed by atoms with Gasteiger partial charge in [0.25, 0.3) is 5.91 Å². The summed E-state index contributed by atoms with van der Waals surface area (Å²) in [5, 5.41) is 5.98. The molecule has 0 bridgehead atoms. The van der Waals surface area contributed by atoms with Gasteiger partial charge < -0.3 is 11.5 Å². The summed E-state index contributed by atoms with van der Waals surface area (Å²) in [7, 11) is 0. The Kier molecular flexibility index (Phi) is 4.52. The molecular weight excluding hydrogens is 319 g/mol. The van der Waals surface area contributed by atoms with E-state index in [0.29, 0.717) is 11.4 Å². The van der Waals surface area contributed by atoms with Gasteiger partial charge in [-0.1, -0.05) is 12.1 Å². The van der Waals surface area contributed by atoms with E-state index in [0.717, 1.165) is 29.7 Å². The van der Waals surface area contributed by atoms with Crippen molar-refractivity contribution in [2.45, 2.75) is 19.8 Å². The van der Waals surface area contributed by atoms with E-state index in [1.54, 1.807) is 24.1 Å². The molecule has 5 nitrogen and oxygen atoms in total. The molecule has 0 fully saturated rings. The standard InChI is InChI=1S/C19H19FN4O/c1-12(19(22)25)23-24(16-9-6-14(20)7-10-16)18-4-2-3-13-5-8-15(21)11-17(13)18/h4-11H,2-3,21H2,1H3,(H2,22,25)/b23-12+. The van der Waals surface area contributed by atoms with Crippen molar-refractivity contribution in [1.29, 1.82) is 0 Å². The first kappa shape index (κ1) is 16.7. The second kappa shape index (κ2) is 6.76. The number of carbonyl (C=O) groups excluding carboxylic acids is 1. The molecular formula is C19H19FN4O. The molecule has 6 heteroatoms. The Labute approximate surface area is 145 Å². The fraction of sp³-hybridized carbons (Fsp3) is 0.158. The monoisotopic (exact) mass is 338 g/mol. The number of aryl methyl sites for hydroxylation is 1. The van der Waals surface area contributed by atoms with E-state index in [-0.39, 0.29) is 11.5 Å². The van der Waals surface area contributed by atoms with Gasteiger partial charge in [-0.15, -0.1) is 0 Å². The van der Waals surface area contributed by atoms with Gasteiger partial charge in [0, 0.05) is 11.3 Å². The third-order valence-electron chi connectivity index (χ3n) is 4.07. The summed E-state index contributed by atoms with van der Waals surface area (Å²) < 4.78 is 13.3. The molecule has 1 amide bonds. The molecule has 1 aliphatic carbocycles. The van der Waals surface area contributed by atoms with Crippen LogP contribution >= 0.6 is 0 Å². The summed E-state index contributed by atoms with van der Waals surface area (Å²) in [5.74, 6) is -0.960. The maximum absolute atomic E-state index is 13.3. The van der Waals surface area contributed by atoms with Gasteiger partial charge in [-0.05, 0) is 61.7 Å². The summed E-state index contributed by atoms with van der Waals surface area (Å²) in [6.45, 7) is 1.54. The summed E-state index contributed by atoms with van der Waals surface area (Å²) in [6, 6.07) is 11.6. The molecule has 1 aliphatic rings. The lowest BCUT2D eigenvalue weighted by molar-refractivity contribution is -0.112. The van der Waals surface area contributed by atoms with Gasteiger partial charge in [0.05, 0.1) is 11.4 Å². The number of amides is 1. The highest BCUT2D eigenvalue weighted by atomic mass is 19.1. The predicted molar refractivity (Wildman–Crippen MR) is 98.3 cm³/mol. The third kappa shape index (κ3) is 3.52. The van der Waals surface area contributed by atoms with Crippen LogP contribution in [0.3, 0.4) is 0 Å². The average molecular weight is 338 g/mol. The van der Waals surface area contributed by atoms with Crippen molar-refractivity contribution < 1.29 is 9.18 Å². The summed E-state index contributed by atoms with van der Waals surface area (Å²) in [6.07, 6.45) is 3.76. The van der Waals surface area contributed by atoms with Gasteiger partial charge >= 0.3 is 0 Å². The first-order chi connectivity index (χ1) is 12.0. The van der Waals surface area contributed by atoms with Crippen molar-refractivity contribution in [3.05, 3.63) is 65.5 Å². The Morgan fingerprint density at radius 1 is 1.20 bits per heavy atom. The lowest BCUT2D eigenvalue weighted by Crippen LogP contribution is -2.26.